The number of hydrogen-bond acceptors (Lipinski definition) is 5. The zero-order chi connectivity index (χ0) is 23.1. The summed E-state index contributed by atoms with van der Waals surface area (Å²) >= 11 is 1.34. The molecule has 8 heteroatoms. The van der Waals surface area contributed by atoms with Gasteiger partial charge in [0.1, 0.15) is 0 Å². The Balaban J connectivity index is 1.59. The van der Waals surface area contributed by atoms with E-state index in [1.807, 2.05) is 74.7 Å². The topological polar surface area (TPSA) is 88.9 Å². The summed E-state index contributed by atoms with van der Waals surface area (Å²) in [5, 5.41) is 15.2. The fourth-order valence-corrected chi connectivity index (χ4v) is 4.13. The van der Waals surface area contributed by atoms with E-state index in [1.54, 1.807) is 12.1 Å². The normalized spacial score (nSPS) is 12.8. The van der Waals surface area contributed by atoms with Gasteiger partial charge in [-0.15, -0.1) is 10.2 Å². The van der Waals surface area contributed by atoms with Crippen LogP contribution in [0.2, 0.25) is 0 Å². The molecule has 0 saturated heterocycles. The summed E-state index contributed by atoms with van der Waals surface area (Å²) in [5.74, 6) is 0.666. The SMILES string of the molecule is CCn1c(SCC(=O)N[C@@H](C)c2ccccc2)nnc1[C@@H](C)NC(=O)c1ccc(C)cc1. The van der Waals surface area contributed by atoms with Crippen LogP contribution in [0.5, 0.6) is 0 Å². The number of aromatic nitrogens is 3. The third-order valence-corrected chi connectivity index (χ3v) is 6.09. The minimum absolute atomic E-state index is 0.0686. The van der Waals surface area contributed by atoms with Crippen LogP contribution in [0.25, 0.3) is 0 Å². The minimum Gasteiger partial charge on any atom is -0.349 e. The average molecular weight is 452 g/mol. The number of rotatable bonds is 9. The fraction of sp³-hybridized carbons (Fsp3) is 0.333. The highest BCUT2D eigenvalue weighted by Crippen LogP contribution is 2.21. The summed E-state index contributed by atoms with van der Waals surface area (Å²) in [6.45, 7) is 8.45. The second-order valence-electron chi connectivity index (χ2n) is 7.63. The van der Waals surface area contributed by atoms with E-state index in [4.69, 9.17) is 0 Å². The second kappa shape index (κ2) is 10.9. The van der Waals surface area contributed by atoms with Gasteiger partial charge in [-0.1, -0.05) is 59.8 Å². The predicted molar refractivity (Wildman–Crippen MR) is 126 cm³/mol. The van der Waals surface area contributed by atoms with Crippen LogP contribution in [0, 0.1) is 6.92 Å². The molecular weight excluding hydrogens is 422 g/mol. The standard InChI is InChI=1S/C24H29N5O2S/c1-5-29-22(18(4)26-23(31)20-13-11-16(2)12-14-20)27-28-24(29)32-15-21(30)25-17(3)19-9-7-6-8-10-19/h6-14,17-18H,5,15H2,1-4H3,(H,25,30)(H,26,31)/t17-,18+/m0/s1. The van der Waals surface area contributed by atoms with Gasteiger partial charge >= 0.3 is 0 Å². The highest BCUT2D eigenvalue weighted by molar-refractivity contribution is 7.99. The van der Waals surface area contributed by atoms with Gasteiger partial charge < -0.3 is 15.2 Å². The largest absolute Gasteiger partial charge is 0.349 e. The maximum atomic E-state index is 12.6. The summed E-state index contributed by atoms with van der Waals surface area (Å²) in [4.78, 5) is 25.0. The van der Waals surface area contributed by atoms with Gasteiger partial charge in [0.05, 0.1) is 17.8 Å². The Bertz CT molecular complexity index is 1050. The fourth-order valence-electron chi connectivity index (χ4n) is 3.31. The molecule has 0 saturated carbocycles. The van der Waals surface area contributed by atoms with E-state index in [0.717, 1.165) is 11.1 Å². The minimum atomic E-state index is -0.322. The lowest BCUT2D eigenvalue weighted by Gasteiger charge is -2.16. The molecule has 0 fully saturated rings. The van der Waals surface area contributed by atoms with Crippen LogP contribution in [0.15, 0.2) is 59.8 Å². The molecule has 1 heterocycles. The van der Waals surface area contributed by atoms with Gasteiger partial charge in [0.2, 0.25) is 5.91 Å². The summed E-state index contributed by atoms with van der Waals surface area (Å²) in [7, 11) is 0. The Kier molecular flexibility index (Phi) is 8.05. The van der Waals surface area contributed by atoms with Crippen LogP contribution in [0.1, 0.15) is 60.2 Å². The highest BCUT2D eigenvalue weighted by Gasteiger charge is 2.20. The second-order valence-corrected chi connectivity index (χ2v) is 8.58. The third-order valence-electron chi connectivity index (χ3n) is 5.12. The van der Waals surface area contributed by atoms with E-state index in [1.165, 1.54) is 11.8 Å². The molecule has 2 atom stereocenters. The molecule has 7 nitrogen and oxygen atoms in total. The molecule has 2 aromatic carbocycles. The van der Waals surface area contributed by atoms with Crippen molar-refractivity contribution < 1.29 is 9.59 Å². The third kappa shape index (κ3) is 5.97. The predicted octanol–water partition coefficient (Wildman–Crippen LogP) is 4.07. The van der Waals surface area contributed by atoms with Gasteiger partial charge in [0.15, 0.2) is 11.0 Å². The summed E-state index contributed by atoms with van der Waals surface area (Å²) in [5.41, 5.74) is 2.76. The number of benzene rings is 2. The molecule has 0 aliphatic heterocycles. The molecule has 3 rings (SSSR count). The van der Waals surface area contributed by atoms with E-state index < -0.39 is 0 Å². The molecule has 168 valence electrons. The van der Waals surface area contributed by atoms with Crippen molar-refractivity contribution in [1.29, 1.82) is 0 Å². The van der Waals surface area contributed by atoms with E-state index >= 15 is 0 Å². The molecular formula is C24H29N5O2S. The van der Waals surface area contributed by atoms with Gasteiger partial charge in [-0.2, -0.15) is 0 Å². The lowest BCUT2D eigenvalue weighted by atomic mass is 10.1. The monoisotopic (exact) mass is 451 g/mol. The molecule has 0 aliphatic rings. The zero-order valence-electron chi connectivity index (χ0n) is 18.8. The van der Waals surface area contributed by atoms with Crippen molar-refractivity contribution in [2.75, 3.05) is 5.75 Å². The lowest BCUT2D eigenvalue weighted by molar-refractivity contribution is -0.119. The van der Waals surface area contributed by atoms with Crippen LogP contribution in [0.3, 0.4) is 0 Å². The Labute approximate surface area is 193 Å². The van der Waals surface area contributed by atoms with E-state index in [9.17, 15) is 9.59 Å². The van der Waals surface area contributed by atoms with Crippen LogP contribution in [-0.4, -0.2) is 32.3 Å². The maximum absolute atomic E-state index is 12.6. The number of nitrogens with one attached hydrogen (secondary N) is 2. The molecule has 3 aromatic rings. The molecule has 32 heavy (non-hydrogen) atoms. The van der Waals surface area contributed by atoms with E-state index in [2.05, 4.69) is 20.8 Å². The summed E-state index contributed by atoms with van der Waals surface area (Å²) in [6, 6.07) is 16.9. The molecule has 2 amide bonds. The molecule has 0 radical (unpaired) electrons. The molecule has 2 N–H and O–H groups in total. The van der Waals surface area contributed by atoms with E-state index in [-0.39, 0.29) is 29.7 Å². The number of aryl methyl sites for hydroxylation is 1. The Morgan fingerprint density at radius 2 is 1.66 bits per heavy atom. The average Bonchev–Trinajstić information content (AvgIpc) is 3.21. The molecule has 0 aliphatic carbocycles. The highest BCUT2D eigenvalue weighted by atomic mass is 32.2. The number of amides is 2. The summed E-state index contributed by atoms with van der Waals surface area (Å²) < 4.78 is 1.93. The number of carbonyl (C=O) groups is 2. The first-order chi connectivity index (χ1) is 15.4. The summed E-state index contributed by atoms with van der Waals surface area (Å²) in [6.07, 6.45) is 0. The van der Waals surface area contributed by atoms with Gasteiger partial charge in [0.25, 0.3) is 5.91 Å². The Hall–Kier alpha value is -3.13. The quantitative estimate of drug-likeness (QED) is 0.479. The van der Waals surface area contributed by atoms with Gasteiger partial charge in [-0.05, 0) is 45.4 Å². The molecule has 1 aromatic heterocycles. The first-order valence-electron chi connectivity index (χ1n) is 10.7. The number of hydrogen-bond donors (Lipinski definition) is 2. The van der Waals surface area contributed by atoms with Crippen LogP contribution in [0.4, 0.5) is 0 Å². The number of thioether (sulfide) groups is 1. The van der Waals surface area contributed by atoms with Gasteiger partial charge in [0, 0.05) is 12.1 Å². The molecule has 0 spiro atoms. The van der Waals surface area contributed by atoms with Crippen LogP contribution in [-0.2, 0) is 11.3 Å². The molecule has 0 unspecified atom stereocenters. The van der Waals surface area contributed by atoms with Crippen LogP contribution < -0.4 is 10.6 Å². The Morgan fingerprint density at radius 1 is 0.969 bits per heavy atom. The van der Waals surface area contributed by atoms with Crippen molar-refractivity contribution in [1.82, 2.24) is 25.4 Å². The van der Waals surface area contributed by atoms with Crippen molar-refractivity contribution in [2.24, 2.45) is 0 Å². The number of carbonyl (C=O) groups excluding carboxylic acids is 2. The van der Waals surface area contributed by atoms with Gasteiger partial charge in [-0.25, -0.2) is 0 Å². The van der Waals surface area contributed by atoms with Crippen LogP contribution >= 0.6 is 11.8 Å². The number of nitrogens with zero attached hydrogens (tertiary/aromatic N) is 3. The zero-order valence-corrected chi connectivity index (χ0v) is 19.6. The first kappa shape index (κ1) is 23.5. The van der Waals surface area contributed by atoms with Crippen molar-refractivity contribution in [2.45, 2.75) is 51.5 Å². The molecule has 0 bridgehead atoms. The van der Waals surface area contributed by atoms with E-state index in [0.29, 0.717) is 23.1 Å². The van der Waals surface area contributed by atoms with Crippen molar-refractivity contribution in [3.8, 4) is 0 Å². The maximum Gasteiger partial charge on any atom is 0.251 e. The smallest absolute Gasteiger partial charge is 0.251 e. The Morgan fingerprint density at radius 3 is 2.31 bits per heavy atom. The van der Waals surface area contributed by atoms with Crippen molar-refractivity contribution >= 4 is 23.6 Å². The van der Waals surface area contributed by atoms with Crippen molar-refractivity contribution in [3.05, 3.63) is 77.1 Å². The van der Waals surface area contributed by atoms with Crippen molar-refractivity contribution in [3.63, 3.8) is 0 Å². The lowest BCUT2D eigenvalue weighted by Crippen LogP contribution is -2.29. The first-order valence-corrected chi connectivity index (χ1v) is 11.6. The van der Waals surface area contributed by atoms with Gasteiger partial charge in [-0.3, -0.25) is 9.59 Å².